The number of hydrogen-bond acceptors (Lipinski definition) is 8. The summed E-state index contributed by atoms with van der Waals surface area (Å²) in [5, 5.41) is 20.2. The van der Waals surface area contributed by atoms with Gasteiger partial charge < -0.3 is 10.0 Å². The number of imide groups is 1. The highest BCUT2D eigenvalue weighted by molar-refractivity contribution is 6.35. The number of aliphatic hydroxyl groups excluding tert-OH is 1. The topological polar surface area (TPSA) is 120 Å². The van der Waals surface area contributed by atoms with Crippen molar-refractivity contribution in [2.24, 2.45) is 0 Å². The molecule has 0 aliphatic carbocycles. The number of β-amino-alcohol motifs (C(OH)–C–C–N with tert-alkyl or cyclic N) is 1. The average molecular weight is 437 g/mol. The van der Waals surface area contributed by atoms with Gasteiger partial charge >= 0.3 is 0 Å². The van der Waals surface area contributed by atoms with E-state index in [0.717, 1.165) is 5.56 Å². The molecule has 2 aliphatic rings. The first-order valence-electron chi connectivity index (χ1n) is 10.3. The zero-order chi connectivity index (χ0) is 22.7. The molecule has 0 bridgehead atoms. The number of non-ortho nitro benzene ring substituents is 1. The third-order valence-corrected chi connectivity index (χ3v) is 5.71. The molecule has 3 heterocycles. The predicted octanol–water partition coefficient (Wildman–Crippen LogP) is 0.880. The molecule has 2 aliphatic heterocycles. The van der Waals surface area contributed by atoms with Crippen molar-refractivity contribution in [3.8, 4) is 0 Å². The SMILES string of the molecule is O=C1C(c2ccc([N+](=O)[O-])cc2)=C(N2CCN(CCO)CC2)C(=O)N1Cc1ccncc1. The lowest BCUT2D eigenvalue weighted by atomic mass is 10.0. The van der Waals surface area contributed by atoms with E-state index in [9.17, 15) is 24.8 Å². The molecule has 0 atom stereocenters. The van der Waals surface area contributed by atoms with Crippen molar-refractivity contribution in [1.82, 2.24) is 19.7 Å². The summed E-state index contributed by atoms with van der Waals surface area (Å²) >= 11 is 0. The van der Waals surface area contributed by atoms with Gasteiger partial charge in [0.25, 0.3) is 17.5 Å². The van der Waals surface area contributed by atoms with Gasteiger partial charge in [0.05, 0.1) is 23.6 Å². The summed E-state index contributed by atoms with van der Waals surface area (Å²) in [6, 6.07) is 9.19. The maximum Gasteiger partial charge on any atom is 0.278 e. The molecule has 0 saturated carbocycles. The maximum absolute atomic E-state index is 13.4. The Kier molecular flexibility index (Phi) is 6.24. The molecule has 0 spiro atoms. The van der Waals surface area contributed by atoms with Crippen molar-refractivity contribution in [1.29, 1.82) is 0 Å². The van der Waals surface area contributed by atoms with Crippen LogP contribution in [0, 0.1) is 10.1 Å². The third-order valence-electron chi connectivity index (χ3n) is 5.71. The van der Waals surface area contributed by atoms with Gasteiger partial charge in [-0.25, -0.2) is 0 Å². The number of pyridine rings is 1. The highest BCUT2D eigenvalue weighted by atomic mass is 16.6. The first-order valence-corrected chi connectivity index (χ1v) is 10.3. The molecule has 4 rings (SSSR count). The van der Waals surface area contributed by atoms with E-state index in [0.29, 0.717) is 44.0 Å². The Labute approximate surface area is 184 Å². The van der Waals surface area contributed by atoms with Gasteiger partial charge in [0.2, 0.25) is 0 Å². The molecule has 1 saturated heterocycles. The molecule has 166 valence electrons. The normalized spacial score (nSPS) is 17.4. The summed E-state index contributed by atoms with van der Waals surface area (Å²) in [5.74, 6) is -0.802. The third kappa shape index (κ3) is 4.23. The number of amides is 2. The van der Waals surface area contributed by atoms with Gasteiger partial charge in [-0.3, -0.25) is 34.5 Å². The van der Waals surface area contributed by atoms with Crippen LogP contribution < -0.4 is 0 Å². The number of hydrogen-bond donors (Lipinski definition) is 1. The Bertz CT molecular complexity index is 1050. The van der Waals surface area contributed by atoms with Crippen LogP contribution in [0.4, 0.5) is 5.69 Å². The van der Waals surface area contributed by atoms with Crippen molar-refractivity contribution in [3.05, 3.63) is 75.7 Å². The van der Waals surface area contributed by atoms with Crippen LogP contribution in [0.2, 0.25) is 0 Å². The van der Waals surface area contributed by atoms with Crippen LogP contribution in [-0.4, -0.2) is 80.9 Å². The summed E-state index contributed by atoms with van der Waals surface area (Å²) < 4.78 is 0. The fraction of sp³-hybridized carbons (Fsp3) is 0.318. The Morgan fingerprint density at radius 3 is 2.22 bits per heavy atom. The maximum atomic E-state index is 13.4. The van der Waals surface area contributed by atoms with Crippen LogP contribution in [0.1, 0.15) is 11.1 Å². The molecule has 2 aromatic rings. The number of nitro benzene ring substituents is 1. The fourth-order valence-electron chi connectivity index (χ4n) is 4.02. The summed E-state index contributed by atoms with van der Waals surface area (Å²) in [6.45, 7) is 3.12. The first-order chi connectivity index (χ1) is 15.5. The molecule has 1 aromatic heterocycles. The second-order valence-electron chi connectivity index (χ2n) is 7.63. The van der Waals surface area contributed by atoms with E-state index in [4.69, 9.17) is 0 Å². The highest BCUT2D eigenvalue weighted by Gasteiger charge is 2.42. The van der Waals surface area contributed by atoms with Crippen LogP contribution in [0.3, 0.4) is 0 Å². The molecule has 32 heavy (non-hydrogen) atoms. The zero-order valence-electron chi connectivity index (χ0n) is 17.4. The smallest absolute Gasteiger partial charge is 0.278 e. The number of carbonyl (C=O) groups excluding carboxylic acids is 2. The number of aromatic nitrogens is 1. The molecule has 2 amide bonds. The molecule has 1 fully saturated rings. The number of nitrogens with zero attached hydrogens (tertiary/aromatic N) is 5. The summed E-state index contributed by atoms with van der Waals surface area (Å²) in [6.07, 6.45) is 3.21. The van der Waals surface area contributed by atoms with Gasteiger partial charge in [-0.05, 0) is 35.4 Å². The molecule has 1 N–H and O–H groups in total. The number of piperazine rings is 1. The van der Waals surface area contributed by atoms with Crippen molar-refractivity contribution in [2.45, 2.75) is 6.54 Å². The van der Waals surface area contributed by atoms with Gasteiger partial charge in [0.1, 0.15) is 5.70 Å². The lowest BCUT2D eigenvalue weighted by Gasteiger charge is -2.36. The lowest BCUT2D eigenvalue weighted by molar-refractivity contribution is -0.384. The van der Waals surface area contributed by atoms with Crippen LogP contribution >= 0.6 is 0 Å². The van der Waals surface area contributed by atoms with Gasteiger partial charge in [0, 0.05) is 57.3 Å². The van der Waals surface area contributed by atoms with Crippen molar-refractivity contribution >= 4 is 23.1 Å². The van der Waals surface area contributed by atoms with Crippen molar-refractivity contribution in [2.75, 3.05) is 39.3 Å². The minimum absolute atomic E-state index is 0.0634. The van der Waals surface area contributed by atoms with E-state index in [1.807, 2.05) is 4.90 Å². The van der Waals surface area contributed by atoms with E-state index >= 15 is 0 Å². The predicted molar refractivity (Wildman–Crippen MR) is 115 cm³/mol. The second kappa shape index (κ2) is 9.25. The highest BCUT2D eigenvalue weighted by Crippen LogP contribution is 2.33. The van der Waals surface area contributed by atoms with Gasteiger partial charge in [-0.2, -0.15) is 0 Å². The van der Waals surface area contributed by atoms with E-state index in [-0.39, 0.29) is 30.3 Å². The van der Waals surface area contributed by atoms with Gasteiger partial charge in [-0.15, -0.1) is 0 Å². The zero-order valence-corrected chi connectivity index (χ0v) is 17.4. The number of aliphatic hydroxyl groups is 1. The summed E-state index contributed by atoms with van der Waals surface area (Å²) in [7, 11) is 0. The molecular formula is C22H23N5O5. The molecule has 0 unspecified atom stereocenters. The quantitative estimate of drug-likeness (QED) is 0.385. The molecule has 0 radical (unpaired) electrons. The Balaban J connectivity index is 1.68. The largest absolute Gasteiger partial charge is 0.395 e. The van der Waals surface area contributed by atoms with E-state index in [1.165, 1.54) is 29.2 Å². The first kappa shape index (κ1) is 21.6. The number of nitro groups is 1. The monoisotopic (exact) mass is 437 g/mol. The fourth-order valence-corrected chi connectivity index (χ4v) is 4.02. The van der Waals surface area contributed by atoms with Crippen LogP contribution in [0.25, 0.3) is 5.57 Å². The number of rotatable bonds is 7. The van der Waals surface area contributed by atoms with Crippen LogP contribution in [0.5, 0.6) is 0 Å². The standard InChI is InChI=1S/C22H23N5O5/c28-14-13-24-9-11-25(12-10-24)20-19(17-1-3-18(4-2-17)27(31)32)21(29)26(22(20)30)15-16-5-7-23-8-6-16/h1-8,28H,9-15H2. The molecular weight excluding hydrogens is 414 g/mol. The van der Waals surface area contributed by atoms with Gasteiger partial charge in [0.15, 0.2) is 0 Å². The lowest BCUT2D eigenvalue weighted by Crippen LogP contribution is -2.48. The molecule has 1 aromatic carbocycles. The summed E-state index contributed by atoms with van der Waals surface area (Å²) in [5.41, 5.74) is 1.74. The molecule has 10 nitrogen and oxygen atoms in total. The molecule has 10 heteroatoms. The van der Waals surface area contributed by atoms with Crippen molar-refractivity contribution in [3.63, 3.8) is 0 Å². The van der Waals surface area contributed by atoms with Gasteiger partial charge in [-0.1, -0.05) is 0 Å². The number of carbonyl (C=O) groups is 2. The Morgan fingerprint density at radius 2 is 1.62 bits per heavy atom. The Morgan fingerprint density at radius 1 is 0.969 bits per heavy atom. The van der Waals surface area contributed by atoms with E-state index in [1.54, 1.807) is 24.5 Å². The average Bonchev–Trinajstić information content (AvgIpc) is 3.05. The Hall–Kier alpha value is -3.63. The summed E-state index contributed by atoms with van der Waals surface area (Å²) in [4.78, 5) is 46.5. The van der Waals surface area contributed by atoms with E-state index < -0.39 is 10.8 Å². The van der Waals surface area contributed by atoms with Crippen molar-refractivity contribution < 1.29 is 19.6 Å². The van der Waals surface area contributed by atoms with Crippen LogP contribution in [-0.2, 0) is 16.1 Å². The minimum atomic E-state index is -0.503. The van der Waals surface area contributed by atoms with Crippen LogP contribution in [0.15, 0.2) is 54.5 Å². The number of benzene rings is 1. The second-order valence-corrected chi connectivity index (χ2v) is 7.63. The van der Waals surface area contributed by atoms with E-state index in [2.05, 4.69) is 9.88 Å². The minimum Gasteiger partial charge on any atom is -0.395 e.